The third kappa shape index (κ3) is 7.01. The predicted octanol–water partition coefficient (Wildman–Crippen LogP) is 3.26. The predicted molar refractivity (Wildman–Crippen MR) is 72.4 cm³/mol. The first kappa shape index (κ1) is 16.9. The fourth-order valence-electron chi connectivity index (χ4n) is 1.32. The first-order valence-corrected chi connectivity index (χ1v) is 5.32. The number of hydrogen-bond acceptors (Lipinski definition) is 4. The van der Waals surface area contributed by atoms with Gasteiger partial charge in [-0.3, -0.25) is 0 Å². The Balaban J connectivity index is 0.000000404. The van der Waals surface area contributed by atoms with Gasteiger partial charge in [-0.05, 0) is 11.1 Å². The molecule has 0 fully saturated rings. The molecule has 2 aromatic carbocycles. The van der Waals surface area contributed by atoms with E-state index in [9.17, 15) is 0 Å². The molecular formula is C14H14N2NiO2. The molecule has 0 aliphatic rings. The summed E-state index contributed by atoms with van der Waals surface area (Å²) in [7, 11) is 0. The number of nitrogens with zero attached hydrogens (tertiary/aromatic N) is 2. The summed E-state index contributed by atoms with van der Waals surface area (Å²) >= 11 is 0. The van der Waals surface area contributed by atoms with E-state index in [4.69, 9.17) is 10.4 Å². The van der Waals surface area contributed by atoms with Crippen molar-refractivity contribution in [2.45, 2.75) is 0 Å². The van der Waals surface area contributed by atoms with E-state index in [0.717, 1.165) is 12.4 Å². The second-order valence-corrected chi connectivity index (χ2v) is 3.26. The van der Waals surface area contributed by atoms with Crippen LogP contribution in [0, 0.1) is 0 Å². The van der Waals surface area contributed by atoms with E-state index in [-0.39, 0.29) is 16.5 Å². The zero-order valence-corrected chi connectivity index (χ0v) is 11.0. The monoisotopic (exact) mass is 300 g/mol. The van der Waals surface area contributed by atoms with Crippen molar-refractivity contribution in [2.75, 3.05) is 0 Å². The molecule has 0 aromatic heterocycles. The van der Waals surface area contributed by atoms with Gasteiger partial charge in [-0.25, -0.2) is 0 Å². The molecule has 102 valence electrons. The molecule has 2 aromatic rings. The number of rotatable bonds is 2. The van der Waals surface area contributed by atoms with Gasteiger partial charge in [-0.15, -0.1) is 0 Å². The van der Waals surface area contributed by atoms with Crippen molar-refractivity contribution < 1.29 is 26.9 Å². The fraction of sp³-hybridized carbons (Fsp3) is 0. The number of oxime groups is 2. The van der Waals surface area contributed by atoms with Gasteiger partial charge >= 0.3 is 0 Å². The minimum absolute atomic E-state index is 0. The summed E-state index contributed by atoms with van der Waals surface area (Å²) in [4.78, 5) is 0. The van der Waals surface area contributed by atoms with Crippen LogP contribution in [-0.4, -0.2) is 22.8 Å². The van der Waals surface area contributed by atoms with Crippen LogP contribution in [0.1, 0.15) is 0 Å². The van der Waals surface area contributed by atoms with E-state index in [2.05, 4.69) is 58.8 Å². The SMILES string of the molecule is ON=CC=NO.[Ni].c1ccc(-c2ccccc2)cc1. The molecule has 5 heteroatoms. The maximum Gasteiger partial charge on any atom is 0.0877 e. The average molecular weight is 301 g/mol. The molecule has 0 aliphatic heterocycles. The van der Waals surface area contributed by atoms with Gasteiger partial charge < -0.3 is 10.4 Å². The van der Waals surface area contributed by atoms with Crippen molar-refractivity contribution in [3.8, 4) is 11.1 Å². The number of benzene rings is 2. The molecule has 2 rings (SSSR count). The first-order chi connectivity index (χ1) is 8.88. The van der Waals surface area contributed by atoms with Gasteiger partial charge in [-0.2, -0.15) is 0 Å². The van der Waals surface area contributed by atoms with Crippen molar-refractivity contribution in [1.29, 1.82) is 0 Å². The summed E-state index contributed by atoms with van der Waals surface area (Å²) in [5.41, 5.74) is 2.55. The van der Waals surface area contributed by atoms with Crippen molar-refractivity contribution >= 4 is 12.4 Å². The quantitative estimate of drug-likeness (QED) is 0.387. The summed E-state index contributed by atoms with van der Waals surface area (Å²) in [6.45, 7) is 0. The second kappa shape index (κ2) is 11.0. The Morgan fingerprint density at radius 2 is 0.947 bits per heavy atom. The van der Waals surface area contributed by atoms with Crippen molar-refractivity contribution in [1.82, 2.24) is 0 Å². The van der Waals surface area contributed by atoms with Crippen LogP contribution >= 0.6 is 0 Å². The van der Waals surface area contributed by atoms with E-state index in [1.165, 1.54) is 11.1 Å². The molecule has 0 atom stereocenters. The van der Waals surface area contributed by atoms with Crippen LogP contribution in [0.15, 0.2) is 71.0 Å². The third-order valence-corrected chi connectivity index (χ3v) is 2.08. The Hall–Kier alpha value is -2.13. The largest absolute Gasteiger partial charge is 0.411 e. The van der Waals surface area contributed by atoms with E-state index >= 15 is 0 Å². The molecule has 4 nitrogen and oxygen atoms in total. The van der Waals surface area contributed by atoms with E-state index in [0.29, 0.717) is 0 Å². The standard InChI is InChI=1S/C12H10.C2H4N2O2.Ni/c1-3-7-11(8-4-1)12-9-5-2-6-10-12;5-3-1-2-4-6;/h1-10H;1-2,5-6H;. The molecule has 0 heterocycles. The van der Waals surface area contributed by atoms with Gasteiger partial charge in [0.05, 0.1) is 12.4 Å². The van der Waals surface area contributed by atoms with Crippen LogP contribution in [-0.2, 0) is 16.5 Å². The van der Waals surface area contributed by atoms with Crippen LogP contribution in [0.5, 0.6) is 0 Å². The first-order valence-electron chi connectivity index (χ1n) is 5.32. The van der Waals surface area contributed by atoms with Crippen molar-refractivity contribution in [3.05, 3.63) is 60.7 Å². The minimum atomic E-state index is 0. The fourth-order valence-corrected chi connectivity index (χ4v) is 1.32. The Bertz CT molecular complexity index is 440. The maximum atomic E-state index is 7.56. The summed E-state index contributed by atoms with van der Waals surface area (Å²) in [6, 6.07) is 20.8. The van der Waals surface area contributed by atoms with Gasteiger partial charge in [0.1, 0.15) is 0 Å². The van der Waals surface area contributed by atoms with Gasteiger partial charge in [0.2, 0.25) is 0 Å². The topological polar surface area (TPSA) is 65.2 Å². The van der Waals surface area contributed by atoms with E-state index in [1.54, 1.807) is 0 Å². The zero-order chi connectivity index (χ0) is 13.1. The van der Waals surface area contributed by atoms with Crippen LogP contribution < -0.4 is 0 Å². The van der Waals surface area contributed by atoms with Crippen LogP contribution in [0.2, 0.25) is 0 Å². The minimum Gasteiger partial charge on any atom is -0.411 e. The van der Waals surface area contributed by atoms with Crippen LogP contribution in [0.3, 0.4) is 0 Å². The van der Waals surface area contributed by atoms with Gasteiger partial charge in [0.25, 0.3) is 0 Å². The summed E-state index contributed by atoms with van der Waals surface area (Å²) < 4.78 is 0. The van der Waals surface area contributed by atoms with Crippen molar-refractivity contribution in [3.63, 3.8) is 0 Å². The van der Waals surface area contributed by atoms with E-state index in [1.807, 2.05) is 12.1 Å². The normalized spacial score (nSPS) is 9.68. The summed E-state index contributed by atoms with van der Waals surface area (Å²) in [5.74, 6) is 0. The smallest absolute Gasteiger partial charge is 0.0877 e. The maximum absolute atomic E-state index is 7.56. The molecule has 0 amide bonds. The molecule has 0 aliphatic carbocycles. The molecule has 0 saturated carbocycles. The van der Waals surface area contributed by atoms with Gasteiger partial charge in [-0.1, -0.05) is 71.0 Å². The Morgan fingerprint density at radius 1 is 0.632 bits per heavy atom. The molecule has 0 radical (unpaired) electrons. The van der Waals surface area contributed by atoms with Crippen LogP contribution in [0.4, 0.5) is 0 Å². The molecular weight excluding hydrogens is 287 g/mol. The molecule has 0 saturated heterocycles. The van der Waals surface area contributed by atoms with Gasteiger partial charge in [0, 0.05) is 16.5 Å². The molecule has 2 N–H and O–H groups in total. The van der Waals surface area contributed by atoms with Gasteiger partial charge in [0.15, 0.2) is 0 Å². The molecule has 0 bridgehead atoms. The summed E-state index contributed by atoms with van der Waals surface area (Å²) in [5, 5.41) is 20.1. The molecule has 0 unspecified atom stereocenters. The Morgan fingerprint density at radius 3 is 1.21 bits per heavy atom. The van der Waals surface area contributed by atoms with Crippen LogP contribution in [0.25, 0.3) is 11.1 Å². The number of hydrogen-bond donors (Lipinski definition) is 2. The Kier molecular flexibility index (Phi) is 9.76. The molecule has 0 spiro atoms. The summed E-state index contributed by atoms with van der Waals surface area (Å²) in [6.07, 6.45) is 1.89. The third-order valence-electron chi connectivity index (χ3n) is 2.08. The second-order valence-electron chi connectivity index (χ2n) is 3.26. The zero-order valence-electron chi connectivity index (χ0n) is 10.0. The van der Waals surface area contributed by atoms with E-state index < -0.39 is 0 Å². The Labute approximate surface area is 122 Å². The molecule has 19 heavy (non-hydrogen) atoms. The van der Waals surface area contributed by atoms with Crippen molar-refractivity contribution in [2.24, 2.45) is 10.3 Å². The average Bonchev–Trinajstić information content (AvgIpc) is 2.48.